The lowest BCUT2D eigenvalue weighted by Crippen LogP contribution is -2.21. The molecule has 94 valence electrons. The molecular weight excluding hydrogens is 258 g/mol. The Bertz CT molecular complexity index is 596. The average molecular weight is 268 g/mol. The number of hydroxylamine groups is 1. The van der Waals surface area contributed by atoms with Gasteiger partial charge in [0.2, 0.25) is 0 Å². The molecule has 0 spiro atoms. The summed E-state index contributed by atoms with van der Waals surface area (Å²) in [6.45, 7) is 1.86. The second-order valence-electron chi connectivity index (χ2n) is 3.50. The molecule has 0 amide bonds. The Labute approximate surface area is 107 Å². The first-order valence-corrected chi connectivity index (χ1v) is 5.33. The van der Waals surface area contributed by atoms with Crippen molar-refractivity contribution in [1.29, 1.82) is 0 Å². The molecule has 1 heterocycles. The summed E-state index contributed by atoms with van der Waals surface area (Å²) in [5, 5.41) is 16.5. The van der Waals surface area contributed by atoms with Gasteiger partial charge in [0, 0.05) is 5.02 Å². The Morgan fingerprint density at radius 2 is 2.28 bits per heavy atom. The quantitative estimate of drug-likeness (QED) is 0.434. The van der Waals surface area contributed by atoms with Crippen molar-refractivity contribution in [2.75, 3.05) is 5.73 Å². The number of hydrogen-bond acceptors (Lipinski definition) is 6. The number of anilines is 1. The van der Waals surface area contributed by atoms with E-state index in [1.54, 1.807) is 18.2 Å². The maximum Gasteiger partial charge on any atom is 0.199 e. The van der Waals surface area contributed by atoms with E-state index in [9.17, 15) is 0 Å². The van der Waals surface area contributed by atoms with E-state index in [2.05, 4.69) is 19.9 Å². The third-order valence-corrected chi connectivity index (χ3v) is 2.48. The number of nitrogen functional groups attached to an aromatic ring is 1. The summed E-state index contributed by atoms with van der Waals surface area (Å²) in [6.07, 6.45) is 0. The fourth-order valence-corrected chi connectivity index (χ4v) is 1.48. The molecule has 0 radical (unpaired) electrons. The third-order valence-electron chi connectivity index (χ3n) is 2.25. The zero-order valence-corrected chi connectivity index (χ0v) is 10.1. The van der Waals surface area contributed by atoms with Gasteiger partial charge in [-0.1, -0.05) is 17.7 Å². The SMILES string of the molecule is Cc1ccc(Cl)cc1N=C(NO)c1nonc1N. The van der Waals surface area contributed by atoms with Crippen molar-refractivity contribution >= 4 is 28.9 Å². The summed E-state index contributed by atoms with van der Waals surface area (Å²) in [7, 11) is 0. The number of aromatic nitrogens is 2. The highest BCUT2D eigenvalue weighted by Crippen LogP contribution is 2.23. The van der Waals surface area contributed by atoms with E-state index in [1.165, 1.54) is 0 Å². The second-order valence-corrected chi connectivity index (χ2v) is 3.94. The van der Waals surface area contributed by atoms with Gasteiger partial charge in [0.1, 0.15) is 0 Å². The molecule has 7 nitrogen and oxygen atoms in total. The molecule has 0 saturated carbocycles. The van der Waals surface area contributed by atoms with Crippen LogP contribution >= 0.6 is 11.6 Å². The lowest BCUT2D eigenvalue weighted by molar-refractivity contribution is 0.234. The van der Waals surface area contributed by atoms with Crippen molar-refractivity contribution in [2.24, 2.45) is 4.99 Å². The molecule has 0 aliphatic carbocycles. The van der Waals surface area contributed by atoms with E-state index in [-0.39, 0.29) is 17.3 Å². The van der Waals surface area contributed by atoms with Crippen molar-refractivity contribution in [3.05, 3.63) is 34.5 Å². The van der Waals surface area contributed by atoms with Gasteiger partial charge < -0.3 is 5.73 Å². The third kappa shape index (κ3) is 2.41. The second kappa shape index (κ2) is 5.03. The zero-order chi connectivity index (χ0) is 13.1. The molecule has 0 unspecified atom stereocenters. The van der Waals surface area contributed by atoms with Crippen LogP contribution in [0.1, 0.15) is 11.3 Å². The van der Waals surface area contributed by atoms with E-state index < -0.39 is 0 Å². The van der Waals surface area contributed by atoms with Gasteiger partial charge in [-0.25, -0.2) is 9.62 Å². The van der Waals surface area contributed by atoms with E-state index >= 15 is 0 Å². The van der Waals surface area contributed by atoms with E-state index in [0.29, 0.717) is 10.7 Å². The van der Waals surface area contributed by atoms with E-state index in [0.717, 1.165) is 5.56 Å². The van der Waals surface area contributed by atoms with Crippen LogP contribution in [-0.2, 0) is 0 Å². The molecular formula is C10H10ClN5O2. The fraction of sp³-hybridized carbons (Fsp3) is 0.100. The average Bonchev–Trinajstić information content (AvgIpc) is 2.77. The van der Waals surface area contributed by atoms with Crippen LogP contribution in [-0.4, -0.2) is 21.4 Å². The van der Waals surface area contributed by atoms with Gasteiger partial charge in [-0.15, -0.1) is 0 Å². The normalized spacial score (nSPS) is 11.6. The monoisotopic (exact) mass is 267 g/mol. The molecule has 0 aliphatic heterocycles. The Hall–Kier alpha value is -2.12. The number of halogens is 1. The molecule has 1 aromatic heterocycles. The molecule has 0 aliphatic rings. The number of aliphatic imine (C=N–C) groups is 1. The number of nitrogens with two attached hydrogens (primary N) is 1. The lowest BCUT2D eigenvalue weighted by Gasteiger charge is -2.04. The van der Waals surface area contributed by atoms with Crippen LogP contribution in [0.15, 0.2) is 27.8 Å². The summed E-state index contributed by atoms with van der Waals surface area (Å²) in [4.78, 5) is 4.17. The van der Waals surface area contributed by atoms with Crippen molar-refractivity contribution in [1.82, 2.24) is 15.8 Å². The topological polar surface area (TPSA) is 110 Å². The van der Waals surface area contributed by atoms with Crippen LogP contribution in [0, 0.1) is 6.92 Å². The van der Waals surface area contributed by atoms with Crippen molar-refractivity contribution in [2.45, 2.75) is 6.92 Å². The van der Waals surface area contributed by atoms with Crippen molar-refractivity contribution in [3.8, 4) is 0 Å². The molecule has 1 aromatic carbocycles. The number of hydrogen-bond donors (Lipinski definition) is 3. The molecule has 8 heteroatoms. The standard InChI is InChI=1S/C10H10ClN5O2/c1-5-2-3-6(11)4-7(5)13-10(14-17)8-9(12)16-18-15-8/h2-4,17H,1H3,(H2,12,16)(H,13,14). The fourth-order valence-electron chi connectivity index (χ4n) is 1.31. The van der Waals surface area contributed by atoms with Crippen molar-refractivity contribution < 1.29 is 9.84 Å². The Morgan fingerprint density at radius 3 is 2.89 bits per heavy atom. The minimum atomic E-state index is 0.0231. The highest BCUT2D eigenvalue weighted by atomic mass is 35.5. The maximum absolute atomic E-state index is 9.07. The molecule has 4 N–H and O–H groups in total. The Balaban J connectivity index is 2.47. The van der Waals surface area contributed by atoms with Gasteiger partial charge in [0.25, 0.3) is 0 Å². The molecule has 2 aromatic rings. The number of benzene rings is 1. The highest BCUT2D eigenvalue weighted by Gasteiger charge is 2.14. The van der Waals surface area contributed by atoms with Crippen molar-refractivity contribution in [3.63, 3.8) is 0 Å². The first-order valence-electron chi connectivity index (χ1n) is 4.95. The minimum Gasteiger partial charge on any atom is -0.379 e. The number of aryl methyl sites for hydroxylation is 1. The number of nitrogens with one attached hydrogen (secondary N) is 1. The first kappa shape index (κ1) is 12.3. The largest absolute Gasteiger partial charge is 0.379 e. The molecule has 0 atom stereocenters. The van der Waals surface area contributed by atoms with Gasteiger partial charge in [-0.3, -0.25) is 10.7 Å². The van der Waals surface area contributed by atoms with Crippen LogP contribution in [0.25, 0.3) is 0 Å². The predicted octanol–water partition coefficient (Wildman–Crippen LogP) is 1.67. The zero-order valence-electron chi connectivity index (χ0n) is 9.38. The highest BCUT2D eigenvalue weighted by molar-refractivity contribution is 6.30. The number of amidine groups is 1. The van der Waals surface area contributed by atoms with Crippen LogP contribution in [0.2, 0.25) is 5.02 Å². The summed E-state index contributed by atoms with van der Waals surface area (Å²) >= 11 is 5.88. The smallest absolute Gasteiger partial charge is 0.199 e. The summed E-state index contributed by atoms with van der Waals surface area (Å²) in [5.74, 6) is 0.0501. The molecule has 18 heavy (non-hydrogen) atoms. The summed E-state index contributed by atoms with van der Waals surface area (Å²) in [5.41, 5.74) is 8.99. The number of nitrogens with zero attached hydrogens (tertiary/aromatic N) is 3. The van der Waals surface area contributed by atoms with Gasteiger partial charge >= 0.3 is 0 Å². The minimum absolute atomic E-state index is 0.0231. The van der Waals surface area contributed by atoms with Gasteiger partial charge in [-0.2, -0.15) is 0 Å². The van der Waals surface area contributed by atoms with E-state index in [1.807, 2.05) is 12.4 Å². The summed E-state index contributed by atoms with van der Waals surface area (Å²) < 4.78 is 4.44. The van der Waals surface area contributed by atoms with Crippen LogP contribution in [0.3, 0.4) is 0 Å². The predicted molar refractivity (Wildman–Crippen MR) is 66.0 cm³/mol. The van der Waals surface area contributed by atoms with Gasteiger partial charge in [0.05, 0.1) is 5.69 Å². The lowest BCUT2D eigenvalue weighted by atomic mass is 10.2. The van der Waals surface area contributed by atoms with Crippen LogP contribution < -0.4 is 11.2 Å². The molecule has 0 saturated heterocycles. The Kier molecular flexibility index (Phi) is 3.45. The molecule has 2 rings (SSSR count). The number of rotatable bonds is 2. The van der Waals surface area contributed by atoms with Gasteiger partial charge in [0.15, 0.2) is 17.3 Å². The van der Waals surface area contributed by atoms with Crippen LogP contribution in [0.5, 0.6) is 0 Å². The molecule has 0 bridgehead atoms. The van der Waals surface area contributed by atoms with Crippen LogP contribution in [0.4, 0.5) is 11.5 Å². The first-order chi connectivity index (χ1) is 8.61. The summed E-state index contributed by atoms with van der Waals surface area (Å²) in [6, 6.07) is 5.20. The molecule has 0 fully saturated rings. The van der Waals surface area contributed by atoms with Gasteiger partial charge in [-0.05, 0) is 34.9 Å². The van der Waals surface area contributed by atoms with E-state index in [4.69, 9.17) is 22.5 Å². The Morgan fingerprint density at radius 1 is 1.50 bits per heavy atom. The maximum atomic E-state index is 9.07.